The Hall–Kier alpha value is -3.75. The van der Waals surface area contributed by atoms with Crippen LogP contribution in [0.4, 0.5) is 11.4 Å². The molecule has 2 fully saturated rings. The lowest BCUT2D eigenvalue weighted by molar-refractivity contribution is -0.144. The molecule has 2 saturated heterocycles. The summed E-state index contributed by atoms with van der Waals surface area (Å²) in [6.45, 7) is 6.55. The first-order chi connectivity index (χ1) is 19.2. The highest BCUT2D eigenvalue weighted by molar-refractivity contribution is 6.08. The van der Waals surface area contributed by atoms with Crippen molar-refractivity contribution in [1.29, 1.82) is 0 Å². The molecule has 40 heavy (non-hydrogen) atoms. The number of nitrogens with zero attached hydrogens (tertiary/aromatic N) is 3. The number of benzene rings is 2. The van der Waals surface area contributed by atoms with Crippen molar-refractivity contribution >= 4 is 29.1 Å². The summed E-state index contributed by atoms with van der Waals surface area (Å²) in [4.78, 5) is 48.2. The average Bonchev–Trinajstić information content (AvgIpc) is 3.20. The molecule has 2 aromatic carbocycles. The Balaban J connectivity index is 1.48. The first kappa shape index (κ1) is 26.5. The summed E-state index contributed by atoms with van der Waals surface area (Å²) in [5.41, 5.74) is 1.07. The van der Waals surface area contributed by atoms with Crippen molar-refractivity contribution in [2.75, 3.05) is 36.0 Å². The second-order valence-electron chi connectivity index (χ2n) is 11.4. The summed E-state index contributed by atoms with van der Waals surface area (Å²) in [6, 6.07) is 14.3. The maximum absolute atomic E-state index is 14.6. The van der Waals surface area contributed by atoms with Crippen LogP contribution in [0.2, 0.25) is 0 Å². The van der Waals surface area contributed by atoms with Crippen LogP contribution in [0.25, 0.3) is 0 Å². The lowest BCUT2D eigenvalue weighted by Gasteiger charge is -2.38. The van der Waals surface area contributed by atoms with Crippen LogP contribution in [0.15, 0.2) is 72.8 Å². The van der Waals surface area contributed by atoms with E-state index in [0.717, 1.165) is 22.5 Å². The molecule has 1 spiro atoms. The zero-order valence-corrected chi connectivity index (χ0v) is 23.1. The molecule has 0 bridgehead atoms. The third kappa shape index (κ3) is 3.77. The molecule has 3 amide bonds. The average molecular weight is 542 g/mol. The maximum Gasteiger partial charge on any atom is 0.253 e. The number of aryl methyl sites for hydroxylation is 2. The SMILES string of the molecule is Cc1cccc(C)c1N1CC=C[C@]23O[C@]4(C)C=CCN(c5ccccc5)C(=O)[C@@H]4[C@H]2C(=O)N(CCCO)C3C1=O. The lowest BCUT2D eigenvalue weighted by atomic mass is 9.74. The Morgan fingerprint density at radius 3 is 2.23 bits per heavy atom. The van der Waals surface area contributed by atoms with Crippen molar-refractivity contribution < 1.29 is 24.2 Å². The minimum Gasteiger partial charge on any atom is -0.396 e. The Bertz CT molecular complexity index is 1400. The van der Waals surface area contributed by atoms with E-state index in [1.807, 2.05) is 93.6 Å². The molecule has 5 atom stereocenters. The number of anilines is 2. The summed E-state index contributed by atoms with van der Waals surface area (Å²) >= 11 is 0. The summed E-state index contributed by atoms with van der Waals surface area (Å²) in [7, 11) is 0. The fraction of sp³-hybridized carbons (Fsp3) is 0.406. The number of ether oxygens (including phenoxy) is 1. The summed E-state index contributed by atoms with van der Waals surface area (Å²) in [5.74, 6) is -2.45. The van der Waals surface area contributed by atoms with E-state index < -0.39 is 29.1 Å². The number of aliphatic hydroxyl groups is 1. The van der Waals surface area contributed by atoms with Crippen molar-refractivity contribution in [3.63, 3.8) is 0 Å². The highest BCUT2D eigenvalue weighted by Crippen LogP contribution is 2.57. The van der Waals surface area contributed by atoms with Gasteiger partial charge in [0.2, 0.25) is 11.8 Å². The van der Waals surface area contributed by atoms with Crippen LogP contribution in [0.3, 0.4) is 0 Å². The van der Waals surface area contributed by atoms with E-state index in [1.54, 1.807) is 14.7 Å². The van der Waals surface area contributed by atoms with Gasteiger partial charge in [0.1, 0.15) is 11.6 Å². The Morgan fingerprint density at radius 1 is 0.850 bits per heavy atom. The minimum atomic E-state index is -1.33. The molecule has 0 saturated carbocycles. The van der Waals surface area contributed by atoms with Gasteiger partial charge in [-0.3, -0.25) is 14.4 Å². The molecular formula is C32H35N3O5. The van der Waals surface area contributed by atoms with Gasteiger partial charge in [0, 0.05) is 37.6 Å². The van der Waals surface area contributed by atoms with Crippen molar-refractivity contribution in [2.45, 2.75) is 44.4 Å². The molecule has 6 rings (SSSR count). The molecule has 0 radical (unpaired) electrons. The largest absolute Gasteiger partial charge is 0.396 e. The molecule has 8 heteroatoms. The Morgan fingerprint density at radius 2 is 1.52 bits per heavy atom. The van der Waals surface area contributed by atoms with E-state index >= 15 is 0 Å². The highest BCUT2D eigenvalue weighted by atomic mass is 16.5. The zero-order valence-electron chi connectivity index (χ0n) is 23.1. The standard InChI is InChI=1S/C32H35N3O5/c1-21-11-7-12-22(2)26(21)34-18-9-16-32-25(29(38)35(19-10-20-36)27(32)30(34)39)24-28(37)33(23-13-5-4-6-14-23)17-8-15-31(24,3)40-32/h4-9,11-16,24-25,27,36H,10,17-20H2,1-3H3/t24-,25-,27?,31+,32-/m0/s1. The molecule has 1 unspecified atom stereocenters. The zero-order chi connectivity index (χ0) is 28.2. The van der Waals surface area contributed by atoms with Gasteiger partial charge in [0.05, 0.1) is 17.4 Å². The molecule has 4 aliphatic heterocycles. The second-order valence-corrected chi connectivity index (χ2v) is 11.4. The van der Waals surface area contributed by atoms with Gasteiger partial charge in [-0.15, -0.1) is 0 Å². The maximum atomic E-state index is 14.6. The number of hydrogen-bond donors (Lipinski definition) is 1. The van der Waals surface area contributed by atoms with E-state index in [-0.39, 0.29) is 30.9 Å². The van der Waals surface area contributed by atoms with Gasteiger partial charge in [-0.2, -0.15) is 0 Å². The molecule has 1 N–H and O–H groups in total. The molecule has 208 valence electrons. The van der Waals surface area contributed by atoms with Crippen LogP contribution >= 0.6 is 0 Å². The molecule has 0 aromatic heterocycles. The highest BCUT2D eigenvalue weighted by Gasteiger charge is 2.74. The van der Waals surface area contributed by atoms with Gasteiger partial charge in [0.25, 0.3) is 5.91 Å². The quantitative estimate of drug-likeness (QED) is 0.588. The molecule has 4 heterocycles. The number of hydrogen-bond acceptors (Lipinski definition) is 5. The smallest absolute Gasteiger partial charge is 0.253 e. The van der Waals surface area contributed by atoms with Crippen molar-refractivity contribution in [1.82, 2.24) is 4.90 Å². The van der Waals surface area contributed by atoms with Crippen LogP contribution in [-0.2, 0) is 19.1 Å². The number of para-hydroxylation sites is 2. The predicted octanol–water partition coefficient (Wildman–Crippen LogP) is 3.16. The third-order valence-electron chi connectivity index (χ3n) is 8.89. The van der Waals surface area contributed by atoms with Crippen molar-refractivity contribution in [2.24, 2.45) is 11.8 Å². The topological polar surface area (TPSA) is 90.4 Å². The minimum absolute atomic E-state index is 0.121. The van der Waals surface area contributed by atoms with E-state index in [0.29, 0.717) is 19.5 Å². The van der Waals surface area contributed by atoms with Crippen LogP contribution in [0, 0.1) is 25.7 Å². The van der Waals surface area contributed by atoms with Crippen LogP contribution in [-0.4, -0.2) is 71.2 Å². The Labute approximate surface area is 234 Å². The monoisotopic (exact) mass is 541 g/mol. The first-order valence-electron chi connectivity index (χ1n) is 13.9. The van der Waals surface area contributed by atoms with Gasteiger partial charge in [0.15, 0.2) is 0 Å². The van der Waals surface area contributed by atoms with Gasteiger partial charge in [-0.25, -0.2) is 0 Å². The normalized spacial score (nSPS) is 31.2. The van der Waals surface area contributed by atoms with Crippen LogP contribution in [0.1, 0.15) is 24.5 Å². The predicted molar refractivity (Wildman–Crippen MR) is 152 cm³/mol. The number of fused-ring (bicyclic) bond motifs is 2. The molecule has 2 aromatic rings. The van der Waals surface area contributed by atoms with E-state index in [1.165, 1.54) is 0 Å². The van der Waals surface area contributed by atoms with Crippen molar-refractivity contribution in [3.05, 3.63) is 84.0 Å². The summed E-state index contributed by atoms with van der Waals surface area (Å²) in [5, 5.41) is 9.65. The van der Waals surface area contributed by atoms with Crippen LogP contribution < -0.4 is 9.80 Å². The summed E-state index contributed by atoms with van der Waals surface area (Å²) in [6.07, 6.45) is 7.88. The van der Waals surface area contributed by atoms with Gasteiger partial charge < -0.3 is 24.5 Å². The van der Waals surface area contributed by atoms with Crippen molar-refractivity contribution in [3.8, 4) is 0 Å². The number of carbonyl (C=O) groups is 3. The molecule has 0 aliphatic carbocycles. The second kappa shape index (κ2) is 9.71. The van der Waals surface area contributed by atoms with Crippen LogP contribution in [0.5, 0.6) is 0 Å². The fourth-order valence-corrected chi connectivity index (χ4v) is 7.27. The number of rotatable bonds is 5. The molecular weight excluding hydrogens is 506 g/mol. The molecule has 4 aliphatic rings. The lowest BCUT2D eigenvalue weighted by Crippen LogP contribution is -2.56. The Kier molecular flexibility index (Phi) is 6.43. The number of aliphatic hydroxyl groups excluding tert-OH is 1. The van der Waals surface area contributed by atoms with Gasteiger partial charge >= 0.3 is 0 Å². The first-order valence-corrected chi connectivity index (χ1v) is 13.9. The number of likely N-dealkylation sites (tertiary alicyclic amines) is 1. The van der Waals surface area contributed by atoms with Gasteiger partial charge in [-0.05, 0) is 50.5 Å². The van der Waals surface area contributed by atoms with E-state index in [9.17, 15) is 19.5 Å². The number of amides is 3. The third-order valence-corrected chi connectivity index (χ3v) is 8.89. The fourth-order valence-electron chi connectivity index (χ4n) is 7.27. The van der Waals surface area contributed by atoms with Gasteiger partial charge in [-0.1, -0.05) is 60.7 Å². The van der Waals surface area contributed by atoms with E-state index in [2.05, 4.69) is 0 Å². The molecule has 8 nitrogen and oxygen atoms in total. The summed E-state index contributed by atoms with van der Waals surface area (Å²) < 4.78 is 6.89. The van der Waals surface area contributed by atoms with E-state index in [4.69, 9.17) is 4.74 Å². The number of carbonyl (C=O) groups excluding carboxylic acids is 3.